The largest absolute Gasteiger partial charge is 0.455 e. The second kappa shape index (κ2) is 7.12. The molecule has 1 amide bonds. The van der Waals surface area contributed by atoms with Gasteiger partial charge in [-0.05, 0) is 87.0 Å². The van der Waals surface area contributed by atoms with E-state index in [4.69, 9.17) is 4.74 Å². The molecule has 4 fully saturated rings. The van der Waals surface area contributed by atoms with Crippen LogP contribution in [-0.4, -0.2) is 18.5 Å². The maximum atomic E-state index is 12.9. The van der Waals surface area contributed by atoms with Crippen LogP contribution < -0.4 is 5.32 Å². The molecule has 5 nitrogen and oxygen atoms in total. The van der Waals surface area contributed by atoms with Gasteiger partial charge in [0.25, 0.3) is 5.91 Å². The van der Waals surface area contributed by atoms with Crippen molar-refractivity contribution in [2.24, 2.45) is 29.1 Å². The molecule has 1 atom stereocenters. The number of fused-ring (bicyclic) bond motifs is 1. The molecule has 1 unspecified atom stereocenters. The highest BCUT2D eigenvalue weighted by Gasteiger charge is 2.55. The number of hydrogen-bond donors (Lipinski definition) is 1. The normalized spacial score (nSPS) is 34.3. The Balaban J connectivity index is 1.22. The monoisotopic (exact) mass is 412 g/mol. The Kier molecular flexibility index (Phi) is 4.70. The van der Waals surface area contributed by atoms with Crippen molar-refractivity contribution < 1.29 is 14.3 Å². The highest BCUT2D eigenvalue weighted by Crippen LogP contribution is 2.60. The van der Waals surface area contributed by atoms with E-state index >= 15 is 0 Å². The second-order valence-electron chi connectivity index (χ2n) is 9.99. The summed E-state index contributed by atoms with van der Waals surface area (Å²) in [5.41, 5.74) is 1.35. The van der Waals surface area contributed by atoms with E-state index in [0.29, 0.717) is 34.2 Å². The summed E-state index contributed by atoms with van der Waals surface area (Å²) in [5.74, 6) is 2.09. The van der Waals surface area contributed by atoms with Gasteiger partial charge in [-0.1, -0.05) is 6.92 Å². The topological polar surface area (TPSA) is 79.2 Å². The lowest BCUT2D eigenvalue weighted by atomic mass is 9.49. The number of thiophene rings is 1. The Morgan fingerprint density at radius 2 is 1.86 bits per heavy atom. The quantitative estimate of drug-likeness (QED) is 0.742. The number of anilines is 1. The summed E-state index contributed by atoms with van der Waals surface area (Å²) < 4.78 is 5.52. The molecule has 1 aromatic heterocycles. The zero-order chi connectivity index (χ0) is 20.2. The van der Waals surface area contributed by atoms with Crippen LogP contribution in [0.4, 0.5) is 5.00 Å². The van der Waals surface area contributed by atoms with Gasteiger partial charge < -0.3 is 10.1 Å². The minimum atomic E-state index is -0.342. The fourth-order valence-corrected chi connectivity index (χ4v) is 8.14. The van der Waals surface area contributed by atoms with Crippen molar-refractivity contribution in [1.82, 2.24) is 0 Å². The molecule has 0 aromatic carbocycles. The summed E-state index contributed by atoms with van der Waals surface area (Å²) in [7, 11) is 0. The third kappa shape index (κ3) is 3.38. The van der Waals surface area contributed by atoms with Crippen LogP contribution in [0.2, 0.25) is 0 Å². The number of carbonyl (C=O) groups excluding carboxylic acids is 2. The fourth-order valence-electron chi connectivity index (χ4n) is 6.76. The molecule has 4 saturated carbocycles. The van der Waals surface area contributed by atoms with Gasteiger partial charge >= 0.3 is 5.97 Å². The molecule has 5 aliphatic rings. The zero-order valence-corrected chi connectivity index (χ0v) is 17.8. The minimum Gasteiger partial charge on any atom is -0.455 e. The summed E-state index contributed by atoms with van der Waals surface area (Å²) in [6, 6.07) is 2.27. The van der Waals surface area contributed by atoms with Crippen molar-refractivity contribution in [3.05, 3.63) is 16.0 Å². The molecule has 5 aliphatic carbocycles. The third-order valence-corrected chi connectivity index (χ3v) is 8.85. The number of nitrogens with one attached hydrogen (secondary N) is 1. The van der Waals surface area contributed by atoms with Crippen LogP contribution in [0.25, 0.3) is 0 Å². The maximum absolute atomic E-state index is 12.9. The number of carbonyl (C=O) groups is 2. The van der Waals surface area contributed by atoms with E-state index < -0.39 is 0 Å². The van der Waals surface area contributed by atoms with E-state index in [1.807, 2.05) is 0 Å². The summed E-state index contributed by atoms with van der Waals surface area (Å²) in [4.78, 5) is 26.6. The third-order valence-electron chi connectivity index (χ3n) is 7.68. The number of rotatable bonds is 4. The lowest BCUT2D eigenvalue weighted by molar-refractivity contribution is -0.172. The van der Waals surface area contributed by atoms with Gasteiger partial charge in [0.1, 0.15) is 11.1 Å². The lowest BCUT2D eigenvalue weighted by Gasteiger charge is -2.55. The van der Waals surface area contributed by atoms with E-state index in [2.05, 4.69) is 18.3 Å². The van der Waals surface area contributed by atoms with Gasteiger partial charge in [-0.3, -0.25) is 9.59 Å². The van der Waals surface area contributed by atoms with E-state index in [9.17, 15) is 14.9 Å². The molecule has 1 aromatic rings. The molecular formula is C23H28N2O3S. The Bertz CT molecular complexity index is 861. The van der Waals surface area contributed by atoms with E-state index in [-0.39, 0.29) is 23.9 Å². The number of hydrogen-bond acceptors (Lipinski definition) is 5. The van der Waals surface area contributed by atoms with Crippen molar-refractivity contribution in [3.63, 3.8) is 0 Å². The van der Waals surface area contributed by atoms with Crippen molar-refractivity contribution in [1.29, 1.82) is 5.26 Å². The van der Waals surface area contributed by atoms with Crippen LogP contribution in [0, 0.1) is 40.4 Å². The van der Waals surface area contributed by atoms with Crippen LogP contribution in [0.3, 0.4) is 0 Å². The van der Waals surface area contributed by atoms with E-state index in [1.54, 1.807) is 0 Å². The molecular weight excluding hydrogens is 384 g/mol. The first-order valence-corrected chi connectivity index (χ1v) is 11.8. The summed E-state index contributed by atoms with van der Waals surface area (Å²) in [6.45, 7) is 1.96. The number of esters is 1. The molecule has 0 radical (unpaired) electrons. The average molecular weight is 413 g/mol. The van der Waals surface area contributed by atoms with Crippen LogP contribution in [0.1, 0.15) is 67.9 Å². The van der Waals surface area contributed by atoms with Crippen LogP contribution in [-0.2, 0) is 27.2 Å². The van der Waals surface area contributed by atoms with E-state index in [1.165, 1.54) is 35.5 Å². The van der Waals surface area contributed by atoms with E-state index in [0.717, 1.165) is 44.1 Å². The van der Waals surface area contributed by atoms with Crippen molar-refractivity contribution in [2.45, 2.75) is 64.7 Å². The number of amides is 1. The van der Waals surface area contributed by atoms with Gasteiger partial charge in [-0.25, -0.2) is 0 Å². The predicted octanol–water partition coefficient (Wildman–Crippen LogP) is 4.44. The highest BCUT2D eigenvalue weighted by atomic mass is 32.1. The first-order valence-electron chi connectivity index (χ1n) is 11.0. The van der Waals surface area contributed by atoms with Gasteiger partial charge in [0.05, 0.1) is 11.0 Å². The van der Waals surface area contributed by atoms with Gasteiger partial charge in [0.2, 0.25) is 0 Å². The van der Waals surface area contributed by atoms with Crippen LogP contribution in [0.15, 0.2) is 0 Å². The Labute approximate surface area is 175 Å². The van der Waals surface area contributed by atoms with Gasteiger partial charge in [-0.15, -0.1) is 11.3 Å². The van der Waals surface area contributed by atoms with Gasteiger partial charge in [0.15, 0.2) is 6.61 Å². The Morgan fingerprint density at radius 1 is 1.21 bits per heavy atom. The van der Waals surface area contributed by atoms with Crippen molar-refractivity contribution >= 4 is 28.2 Å². The lowest BCUT2D eigenvalue weighted by Crippen LogP contribution is -2.50. The minimum absolute atomic E-state index is 0.174. The average Bonchev–Trinajstić information content (AvgIpc) is 3.00. The summed E-state index contributed by atoms with van der Waals surface area (Å²) in [5, 5.41) is 13.0. The maximum Gasteiger partial charge on any atom is 0.312 e. The molecule has 1 heterocycles. The molecule has 4 bridgehead atoms. The molecule has 154 valence electrons. The number of nitrogens with zero attached hydrogens (tertiary/aromatic N) is 1. The summed E-state index contributed by atoms with van der Waals surface area (Å²) >= 11 is 1.51. The first kappa shape index (κ1) is 19.1. The zero-order valence-electron chi connectivity index (χ0n) is 17.0. The molecule has 0 saturated heterocycles. The molecule has 29 heavy (non-hydrogen) atoms. The molecule has 6 heteroatoms. The SMILES string of the molecule is CC1CCc2c(sc(NC(=O)COC(=O)C34CC5CC(CC(C5)C3)C4)c2C#N)C1. The number of nitriles is 1. The summed E-state index contributed by atoms with van der Waals surface area (Å²) in [6.07, 6.45) is 9.56. The van der Waals surface area contributed by atoms with Crippen LogP contribution >= 0.6 is 11.3 Å². The smallest absolute Gasteiger partial charge is 0.312 e. The van der Waals surface area contributed by atoms with Crippen molar-refractivity contribution in [3.8, 4) is 6.07 Å². The Morgan fingerprint density at radius 3 is 2.48 bits per heavy atom. The second-order valence-corrected chi connectivity index (χ2v) is 11.1. The molecule has 0 spiro atoms. The van der Waals surface area contributed by atoms with Gasteiger partial charge in [0, 0.05) is 4.88 Å². The molecule has 6 rings (SSSR count). The fraction of sp³-hybridized carbons (Fsp3) is 0.696. The van der Waals surface area contributed by atoms with Crippen molar-refractivity contribution in [2.75, 3.05) is 11.9 Å². The number of ether oxygens (including phenoxy) is 1. The van der Waals surface area contributed by atoms with Gasteiger partial charge in [-0.2, -0.15) is 5.26 Å². The molecule has 1 N–H and O–H groups in total. The van der Waals surface area contributed by atoms with Crippen LogP contribution in [0.5, 0.6) is 0 Å². The highest BCUT2D eigenvalue weighted by molar-refractivity contribution is 7.16. The first-order chi connectivity index (χ1) is 14.0. The standard InChI is InChI=1S/C23H28N2O3S/c1-13-2-3-17-18(11-24)21(29-19(17)4-13)25-20(26)12-28-22(27)23-8-14-5-15(9-23)7-16(6-14)10-23/h13-16H,2-10,12H2,1H3,(H,25,26). The molecule has 0 aliphatic heterocycles. The predicted molar refractivity (Wildman–Crippen MR) is 110 cm³/mol. The Hall–Kier alpha value is -1.87.